The number of hydrogen-bond acceptors (Lipinski definition) is 3. The van der Waals surface area contributed by atoms with Gasteiger partial charge in [-0.1, -0.05) is 6.07 Å². The van der Waals surface area contributed by atoms with Crippen molar-refractivity contribution in [1.82, 2.24) is 19.8 Å². The maximum Gasteiger partial charge on any atom is 0.317 e. The number of carbonyl (C=O) groups is 1. The monoisotopic (exact) mass is 292 g/mol. The first-order valence-electron chi connectivity index (χ1n) is 6.68. The molecule has 2 rings (SSSR count). The fraction of sp³-hybridized carbons (Fsp3) is 0.429. The van der Waals surface area contributed by atoms with Crippen LogP contribution in [0.1, 0.15) is 24.3 Å². The third-order valence-electron chi connectivity index (χ3n) is 3.28. The van der Waals surface area contributed by atoms with Crippen LogP contribution >= 0.6 is 11.3 Å². The van der Waals surface area contributed by atoms with E-state index < -0.39 is 0 Å². The van der Waals surface area contributed by atoms with Crippen molar-refractivity contribution in [2.75, 3.05) is 13.6 Å². The Balaban J connectivity index is 1.71. The number of imidazole rings is 1. The molecule has 0 aliphatic carbocycles. The molecule has 0 unspecified atom stereocenters. The first-order valence-corrected chi connectivity index (χ1v) is 7.56. The first-order chi connectivity index (χ1) is 9.68. The Morgan fingerprint density at radius 1 is 1.60 bits per heavy atom. The van der Waals surface area contributed by atoms with E-state index in [-0.39, 0.29) is 12.1 Å². The fourth-order valence-electron chi connectivity index (χ4n) is 1.90. The molecule has 2 heterocycles. The highest BCUT2D eigenvalue weighted by Gasteiger charge is 2.17. The Morgan fingerprint density at radius 2 is 2.45 bits per heavy atom. The minimum atomic E-state index is -0.0310. The molecule has 2 aromatic rings. The number of nitrogens with one attached hydrogen (secondary N) is 1. The molecule has 5 nitrogen and oxygen atoms in total. The predicted octanol–water partition coefficient (Wildman–Crippen LogP) is 2.74. The predicted molar refractivity (Wildman–Crippen MR) is 80.7 cm³/mol. The maximum atomic E-state index is 12.0. The lowest BCUT2D eigenvalue weighted by Gasteiger charge is -2.24. The topological polar surface area (TPSA) is 50.2 Å². The number of aromatic nitrogens is 2. The highest BCUT2D eigenvalue weighted by Crippen LogP contribution is 2.23. The van der Waals surface area contributed by atoms with E-state index in [4.69, 9.17) is 0 Å². The second-order valence-electron chi connectivity index (χ2n) is 4.69. The highest BCUT2D eigenvalue weighted by molar-refractivity contribution is 7.10. The van der Waals surface area contributed by atoms with E-state index in [9.17, 15) is 4.79 Å². The van der Waals surface area contributed by atoms with Crippen LogP contribution in [0.15, 0.2) is 36.2 Å². The van der Waals surface area contributed by atoms with Crippen molar-refractivity contribution in [3.63, 3.8) is 0 Å². The molecule has 0 aliphatic heterocycles. The van der Waals surface area contributed by atoms with Crippen molar-refractivity contribution in [3.05, 3.63) is 41.1 Å². The van der Waals surface area contributed by atoms with Gasteiger partial charge in [-0.15, -0.1) is 11.3 Å². The van der Waals surface area contributed by atoms with E-state index in [1.165, 1.54) is 4.88 Å². The number of nitrogens with zero attached hydrogens (tertiary/aromatic N) is 3. The molecule has 2 amide bonds. The summed E-state index contributed by atoms with van der Waals surface area (Å²) in [5.41, 5.74) is 0. The molecule has 1 N–H and O–H groups in total. The second kappa shape index (κ2) is 7.09. The Bertz CT molecular complexity index is 509. The molecule has 108 valence electrons. The number of carbonyl (C=O) groups excluding carboxylic acids is 1. The zero-order valence-electron chi connectivity index (χ0n) is 11.8. The van der Waals surface area contributed by atoms with E-state index >= 15 is 0 Å². The highest BCUT2D eigenvalue weighted by atomic mass is 32.1. The van der Waals surface area contributed by atoms with Crippen LogP contribution in [-0.4, -0.2) is 34.1 Å². The number of rotatable bonds is 6. The smallest absolute Gasteiger partial charge is 0.317 e. The number of hydrogen-bond donors (Lipinski definition) is 1. The Hall–Kier alpha value is -1.82. The summed E-state index contributed by atoms with van der Waals surface area (Å²) in [5.74, 6) is 0. The second-order valence-corrected chi connectivity index (χ2v) is 5.67. The van der Waals surface area contributed by atoms with Crippen LogP contribution in [0.3, 0.4) is 0 Å². The summed E-state index contributed by atoms with van der Waals surface area (Å²) in [5, 5.41) is 4.98. The average molecular weight is 292 g/mol. The zero-order chi connectivity index (χ0) is 14.4. The quantitative estimate of drug-likeness (QED) is 0.832. The van der Waals surface area contributed by atoms with Crippen molar-refractivity contribution in [2.24, 2.45) is 0 Å². The molecular formula is C14H20N4OS. The van der Waals surface area contributed by atoms with Crippen molar-refractivity contribution in [2.45, 2.75) is 25.9 Å². The molecule has 0 fully saturated rings. The van der Waals surface area contributed by atoms with Crippen molar-refractivity contribution in [3.8, 4) is 0 Å². The van der Waals surface area contributed by atoms with Crippen molar-refractivity contribution >= 4 is 17.4 Å². The van der Waals surface area contributed by atoms with Gasteiger partial charge in [-0.05, 0) is 24.8 Å². The number of aryl methyl sites for hydroxylation is 1. The SMILES string of the molecule is C[C@H](c1cccs1)N(C)C(=O)NCCCn1ccnc1. The van der Waals surface area contributed by atoms with Gasteiger partial charge < -0.3 is 14.8 Å². The first kappa shape index (κ1) is 14.6. The molecule has 6 heteroatoms. The van der Waals surface area contributed by atoms with E-state index in [0.717, 1.165) is 13.0 Å². The van der Waals surface area contributed by atoms with E-state index in [1.54, 1.807) is 28.8 Å². The Kier molecular flexibility index (Phi) is 5.17. The summed E-state index contributed by atoms with van der Waals surface area (Å²) in [6, 6.07) is 4.13. The van der Waals surface area contributed by atoms with Crippen LogP contribution in [0.5, 0.6) is 0 Å². The van der Waals surface area contributed by atoms with Crippen LogP contribution < -0.4 is 5.32 Å². The van der Waals surface area contributed by atoms with Gasteiger partial charge in [0.1, 0.15) is 0 Å². The molecular weight excluding hydrogens is 272 g/mol. The lowest BCUT2D eigenvalue weighted by Crippen LogP contribution is -2.39. The Labute approximate surface area is 123 Å². The summed E-state index contributed by atoms with van der Waals surface area (Å²) in [4.78, 5) is 19.0. The van der Waals surface area contributed by atoms with Gasteiger partial charge in [-0.25, -0.2) is 9.78 Å². The molecule has 2 aromatic heterocycles. The van der Waals surface area contributed by atoms with Gasteiger partial charge in [0.2, 0.25) is 0 Å². The van der Waals surface area contributed by atoms with Crippen LogP contribution in [0.25, 0.3) is 0 Å². The standard InChI is InChI=1S/C14H20N4OS/c1-12(13-5-3-10-20-13)17(2)14(19)16-6-4-8-18-9-7-15-11-18/h3,5,7,9-12H,4,6,8H2,1-2H3,(H,16,19)/t12-/m1/s1. The normalized spacial score (nSPS) is 12.1. The van der Waals surface area contributed by atoms with Gasteiger partial charge in [0.15, 0.2) is 0 Å². The van der Waals surface area contributed by atoms with Gasteiger partial charge in [0.05, 0.1) is 12.4 Å². The van der Waals surface area contributed by atoms with Crippen LogP contribution in [0.2, 0.25) is 0 Å². The molecule has 0 spiro atoms. The summed E-state index contributed by atoms with van der Waals surface area (Å²) in [6.45, 7) is 3.57. The average Bonchev–Trinajstić information content (AvgIpc) is 3.14. The van der Waals surface area contributed by atoms with Gasteiger partial charge >= 0.3 is 6.03 Å². The van der Waals surface area contributed by atoms with Crippen LogP contribution in [0, 0.1) is 0 Å². The molecule has 0 aromatic carbocycles. The van der Waals surface area contributed by atoms with Gasteiger partial charge in [0, 0.05) is 37.4 Å². The number of thiophene rings is 1. The molecule has 20 heavy (non-hydrogen) atoms. The summed E-state index contributed by atoms with van der Waals surface area (Å²) in [7, 11) is 1.83. The lowest BCUT2D eigenvalue weighted by atomic mass is 10.2. The minimum absolute atomic E-state index is 0.0310. The number of urea groups is 1. The molecule has 1 atom stereocenters. The maximum absolute atomic E-state index is 12.0. The summed E-state index contributed by atoms with van der Waals surface area (Å²) in [6.07, 6.45) is 6.36. The minimum Gasteiger partial charge on any atom is -0.338 e. The Morgan fingerprint density at radius 3 is 3.10 bits per heavy atom. The van der Waals surface area contributed by atoms with E-state index in [0.29, 0.717) is 6.54 Å². The third-order valence-corrected chi connectivity index (χ3v) is 4.33. The van der Waals surface area contributed by atoms with Crippen molar-refractivity contribution < 1.29 is 4.79 Å². The van der Waals surface area contributed by atoms with Crippen LogP contribution in [0.4, 0.5) is 4.79 Å². The van der Waals surface area contributed by atoms with E-state index in [1.807, 2.05) is 36.2 Å². The van der Waals surface area contributed by atoms with Gasteiger partial charge in [0.25, 0.3) is 0 Å². The van der Waals surface area contributed by atoms with E-state index in [2.05, 4.69) is 16.4 Å². The molecule has 0 radical (unpaired) electrons. The van der Waals surface area contributed by atoms with Crippen LogP contribution in [-0.2, 0) is 6.54 Å². The van der Waals surface area contributed by atoms with Gasteiger partial charge in [-0.3, -0.25) is 0 Å². The summed E-state index contributed by atoms with van der Waals surface area (Å²) >= 11 is 1.67. The van der Waals surface area contributed by atoms with Crippen molar-refractivity contribution in [1.29, 1.82) is 0 Å². The fourth-order valence-corrected chi connectivity index (χ4v) is 2.72. The lowest BCUT2D eigenvalue weighted by molar-refractivity contribution is 0.195. The summed E-state index contributed by atoms with van der Waals surface area (Å²) < 4.78 is 2.00. The molecule has 0 bridgehead atoms. The zero-order valence-corrected chi connectivity index (χ0v) is 12.6. The molecule has 0 aliphatic rings. The molecule has 0 saturated heterocycles. The molecule has 0 saturated carbocycles. The number of amides is 2. The third kappa shape index (κ3) is 3.84. The van der Waals surface area contributed by atoms with Gasteiger partial charge in [-0.2, -0.15) is 0 Å². The largest absolute Gasteiger partial charge is 0.338 e.